The van der Waals surface area contributed by atoms with E-state index in [1.54, 1.807) is 12.1 Å². The third-order valence-corrected chi connectivity index (χ3v) is 3.18. The van der Waals surface area contributed by atoms with Crippen molar-refractivity contribution < 1.29 is 9.13 Å². The second-order valence-electron chi connectivity index (χ2n) is 3.37. The Balaban J connectivity index is 2.31. The van der Waals surface area contributed by atoms with Gasteiger partial charge in [0.05, 0.1) is 4.47 Å². The van der Waals surface area contributed by atoms with Crippen LogP contribution in [-0.4, -0.2) is 0 Å². The number of rotatable bonds is 2. The van der Waals surface area contributed by atoms with E-state index in [4.69, 9.17) is 10.5 Å². The summed E-state index contributed by atoms with van der Waals surface area (Å²) in [5, 5.41) is 0. The Morgan fingerprint density at radius 2 is 1.71 bits per heavy atom. The molecule has 0 saturated carbocycles. The molecular weight excluding hydrogens is 353 g/mol. The Hall–Kier alpha value is -1.07. The molecule has 0 aliphatic heterocycles. The first-order valence-corrected chi connectivity index (χ1v) is 6.33. The van der Waals surface area contributed by atoms with Crippen molar-refractivity contribution in [3.63, 3.8) is 0 Å². The predicted molar refractivity (Wildman–Crippen MR) is 72.7 cm³/mol. The number of hydrogen-bond acceptors (Lipinski definition) is 2. The monoisotopic (exact) mass is 359 g/mol. The van der Waals surface area contributed by atoms with E-state index in [1.165, 1.54) is 12.1 Å². The van der Waals surface area contributed by atoms with Gasteiger partial charge < -0.3 is 10.5 Å². The molecule has 0 aromatic heterocycles. The van der Waals surface area contributed by atoms with Crippen molar-refractivity contribution in [1.82, 2.24) is 0 Å². The highest BCUT2D eigenvalue weighted by Crippen LogP contribution is 2.33. The largest absolute Gasteiger partial charge is 0.453 e. The fourth-order valence-corrected chi connectivity index (χ4v) is 2.40. The lowest BCUT2D eigenvalue weighted by Crippen LogP contribution is -1.91. The molecule has 0 atom stereocenters. The third-order valence-electron chi connectivity index (χ3n) is 2.07. The minimum Gasteiger partial charge on any atom is -0.453 e. The van der Waals surface area contributed by atoms with Crippen LogP contribution in [0.3, 0.4) is 0 Å². The third kappa shape index (κ3) is 2.98. The summed E-state index contributed by atoms with van der Waals surface area (Å²) in [5.41, 5.74) is 5.83. The van der Waals surface area contributed by atoms with E-state index in [0.717, 1.165) is 8.95 Å². The highest BCUT2D eigenvalue weighted by atomic mass is 79.9. The molecule has 2 aromatic carbocycles. The van der Waals surface area contributed by atoms with E-state index in [2.05, 4.69) is 31.9 Å². The van der Waals surface area contributed by atoms with Crippen LogP contribution in [0.5, 0.6) is 11.5 Å². The first kappa shape index (κ1) is 12.4. The molecular formula is C12H8Br2FNO. The van der Waals surface area contributed by atoms with Gasteiger partial charge >= 0.3 is 0 Å². The fraction of sp³-hybridized carbons (Fsp3) is 0. The zero-order valence-electron chi connectivity index (χ0n) is 8.58. The van der Waals surface area contributed by atoms with Crippen LogP contribution < -0.4 is 10.5 Å². The first-order valence-electron chi connectivity index (χ1n) is 4.74. The Bertz CT molecular complexity index is 511. The molecule has 0 radical (unpaired) electrons. The lowest BCUT2D eigenvalue weighted by molar-refractivity contribution is 0.440. The molecule has 0 spiro atoms. The van der Waals surface area contributed by atoms with Crippen molar-refractivity contribution in [2.75, 3.05) is 5.73 Å². The Kier molecular flexibility index (Phi) is 3.69. The van der Waals surface area contributed by atoms with Gasteiger partial charge in [0, 0.05) is 16.2 Å². The average molecular weight is 361 g/mol. The molecule has 2 nitrogen and oxygen atoms in total. The normalized spacial score (nSPS) is 10.3. The second-order valence-corrected chi connectivity index (χ2v) is 5.14. The quantitative estimate of drug-likeness (QED) is 0.786. The molecule has 0 saturated heterocycles. The Labute approximate surface area is 115 Å². The van der Waals surface area contributed by atoms with Crippen molar-refractivity contribution in [3.05, 3.63) is 51.2 Å². The van der Waals surface area contributed by atoms with Crippen LogP contribution in [0, 0.1) is 5.82 Å². The molecule has 0 fully saturated rings. The molecule has 0 bridgehead atoms. The van der Waals surface area contributed by atoms with Gasteiger partial charge in [-0.05, 0) is 46.3 Å². The molecule has 2 rings (SSSR count). The maximum atomic E-state index is 13.5. The van der Waals surface area contributed by atoms with E-state index in [9.17, 15) is 4.39 Å². The van der Waals surface area contributed by atoms with E-state index >= 15 is 0 Å². The van der Waals surface area contributed by atoms with E-state index < -0.39 is 5.82 Å². The van der Waals surface area contributed by atoms with Crippen molar-refractivity contribution in [2.24, 2.45) is 0 Å². The topological polar surface area (TPSA) is 35.2 Å². The molecule has 0 aliphatic carbocycles. The molecule has 17 heavy (non-hydrogen) atoms. The number of nitrogens with two attached hydrogens (primary N) is 1. The summed E-state index contributed by atoms with van der Waals surface area (Å²) in [5.74, 6) is 0.193. The molecule has 0 heterocycles. The summed E-state index contributed by atoms with van der Waals surface area (Å²) in [6, 6.07) is 9.69. The summed E-state index contributed by atoms with van der Waals surface area (Å²) in [4.78, 5) is 0. The smallest absolute Gasteiger partial charge is 0.167 e. The Morgan fingerprint density at radius 3 is 2.35 bits per heavy atom. The van der Waals surface area contributed by atoms with Gasteiger partial charge in [-0.15, -0.1) is 0 Å². The van der Waals surface area contributed by atoms with Crippen LogP contribution in [0.1, 0.15) is 0 Å². The maximum Gasteiger partial charge on any atom is 0.167 e. The van der Waals surface area contributed by atoms with Crippen molar-refractivity contribution in [1.29, 1.82) is 0 Å². The highest BCUT2D eigenvalue weighted by Gasteiger charge is 2.08. The van der Waals surface area contributed by atoms with Gasteiger partial charge in [0.2, 0.25) is 0 Å². The number of hydrogen-bond donors (Lipinski definition) is 1. The maximum absolute atomic E-state index is 13.5. The molecule has 0 aliphatic rings. The van der Waals surface area contributed by atoms with Crippen LogP contribution in [0.2, 0.25) is 0 Å². The standard InChI is InChI=1S/C12H8Br2FNO/c13-7-1-3-11(9(14)5-7)17-12-4-2-8(16)6-10(12)15/h1-6H,16H2. The molecule has 2 N–H and O–H groups in total. The van der Waals surface area contributed by atoms with Gasteiger partial charge in [0.25, 0.3) is 0 Å². The second kappa shape index (κ2) is 5.06. The summed E-state index contributed by atoms with van der Waals surface area (Å²) in [6.45, 7) is 0. The number of halogens is 3. The SMILES string of the molecule is Nc1ccc(Oc2ccc(Br)cc2Br)c(F)c1. The lowest BCUT2D eigenvalue weighted by Gasteiger charge is -2.09. The summed E-state index contributed by atoms with van der Waals surface area (Å²) in [6.07, 6.45) is 0. The molecule has 2 aromatic rings. The van der Waals surface area contributed by atoms with Crippen LogP contribution in [0.15, 0.2) is 45.3 Å². The van der Waals surface area contributed by atoms with E-state index in [-0.39, 0.29) is 5.75 Å². The van der Waals surface area contributed by atoms with Gasteiger partial charge in [-0.25, -0.2) is 4.39 Å². The van der Waals surface area contributed by atoms with Crippen LogP contribution in [-0.2, 0) is 0 Å². The zero-order chi connectivity index (χ0) is 12.4. The van der Waals surface area contributed by atoms with Gasteiger partial charge in [-0.3, -0.25) is 0 Å². The van der Waals surface area contributed by atoms with Crippen LogP contribution in [0.4, 0.5) is 10.1 Å². The van der Waals surface area contributed by atoms with Crippen molar-refractivity contribution in [2.45, 2.75) is 0 Å². The lowest BCUT2D eigenvalue weighted by atomic mass is 10.3. The van der Waals surface area contributed by atoms with Crippen molar-refractivity contribution in [3.8, 4) is 11.5 Å². The molecule has 0 unspecified atom stereocenters. The number of nitrogen functional groups attached to an aromatic ring is 1. The molecule has 0 amide bonds. The van der Waals surface area contributed by atoms with Crippen molar-refractivity contribution >= 4 is 37.5 Å². The Morgan fingerprint density at radius 1 is 1.00 bits per heavy atom. The molecule has 5 heteroatoms. The number of anilines is 1. The summed E-state index contributed by atoms with van der Waals surface area (Å²) >= 11 is 6.67. The fourth-order valence-electron chi connectivity index (χ4n) is 1.28. The van der Waals surface area contributed by atoms with Gasteiger partial charge in [-0.1, -0.05) is 15.9 Å². The van der Waals surface area contributed by atoms with E-state index in [0.29, 0.717) is 11.4 Å². The summed E-state index contributed by atoms with van der Waals surface area (Å²) in [7, 11) is 0. The molecule has 88 valence electrons. The van der Waals surface area contributed by atoms with Gasteiger partial charge in [-0.2, -0.15) is 0 Å². The average Bonchev–Trinajstić information content (AvgIpc) is 2.25. The first-order chi connectivity index (χ1) is 8.06. The minimum absolute atomic E-state index is 0.141. The highest BCUT2D eigenvalue weighted by molar-refractivity contribution is 9.11. The summed E-state index contributed by atoms with van der Waals surface area (Å²) < 4.78 is 20.6. The number of ether oxygens (including phenoxy) is 1. The number of benzene rings is 2. The predicted octanol–water partition coefficient (Wildman–Crippen LogP) is 4.73. The van der Waals surface area contributed by atoms with Crippen LogP contribution in [0.25, 0.3) is 0 Å². The minimum atomic E-state index is -0.486. The van der Waals surface area contributed by atoms with Gasteiger partial charge in [0.15, 0.2) is 11.6 Å². The van der Waals surface area contributed by atoms with Gasteiger partial charge in [0.1, 0.15) is 5.75 Å². The van der Waals surface area contributed by atoms with Crippen LogP contribution >= 0.6 is 31.9 Å². The zero-order valence-corrected chi connectivity index (χ0v) is 11.8. The van der Waals surface area contributed by atoms with E-state index in [1.807, 2.05) is 12.1 Å².